The van der Waals surface area contributed by atoms with E-state index < -0.39 is 10.0 Å². The number of benzene rings is 1. The van der Waals surface area contributed by atoms with Crippen molar-refractivity contribution in [3.8, 4) is 0 Å². The molecule has 4 nitrogen and oxygen atoms in total. The molecule has 0 bridgehead atoms. The Hall–Kier alpha value is -0.980. The summed E-state index contributed by atoms with van der Waals surface area (Å²) in [6, 6.07) is 6.49. The van der Waals surface area contributed by atoms with Gasteiger partial charge in [-0.15, -0.1) is 0 Å². The fourth-order valence-electron chi connectivity index (χ4n) is 2.86. The van der Waals surface area contributed by atoms with Crippen molar-refractivity contribution in [1.82, 2.24) is 9.62 Å². The van der Waals surface area contributed by atoms with Gasteiger partial charge in [-0.05, 0) is 56.8 Å². The lowest BCUT2D eigenvalue weighted by molar-refractivity contribution is 0.148. The average molecular weight is 342 g/mol. The Labute approximate surface area is 139 Å². The van der Waals surface area contributed by atoms with Crippen LogP contribution in [0.25, 0.3) is 0 Å². The number of aryl methyl sites for hydroxylation is 1. The van der Waals surface area contributed by atoms with E-state index in [1.54, 1.807) is 18.2 Å². The monoisotopic (exact) mass is 342 g/mol. The Bertz CT molecular complexity index is 598. The zero-order chi connectivity index (χ0) is 16.9. The van der Waals surface area contributed by atoms with Crippen LogP contribution in [0.4, 0.5) is 4.39 Å². The molecule has 1 heterocycles. The minimum atomic E-state index is -3.38. The highest BCUT2D eigenvalue weighted by Gasteiger charge is 2.21. The van der Waals surface area contributed by atoms with Crippen LogP contribution in [0.5, 0.6) is 0 Å². The van der Waals surface area contributed by atoms with Crippen LogP contribution in [0.15, 0.2) is 24.3 Å². The number of nitrogens with one attached hydrogen (secondary N) is 1. The van der Waals surface area contributed by atoms with Gasteiger partial charge in [-0.1, -0.05) is 25.1 Å². The number of nitrogens with zero attached hydrogens (tertiary/aromatic N) is 1. The molecule has 0 aliphatic carbocycles. The molecule has 0 amide bonds. The average Bonchev–Trinajstić information content (AvgIpc) is 2.53. The summed E-state index contributed by atoms with van der Waals surface area (Å²) >= 11 is 0. The van der Waals surface area contributed by atoms with Crippen LogP contribution >= 0.6 is 0 Å². The summed E-state index contributed by atoms with van der Waals surface area (Å²) in [5.74, 6) is 0.326. The van der Waals surface area contributed by atoms with E-state index in [0.29, 0.717) is 12.1 Å². The smallest absolute Gasteiger partial charge is 0.211 e. The van der Waals surface area contributed by atoms with Crippen LogP contribution in [-0.2, 0) is 16.4 Å². The van der Waals surface area contributed by atoms with Crippen molar-refractivity contribution in [2.24, 2.45) is 5.92 Å². The Balaban J connectivity index is 1.78. The zero-order valence-corrected chi connectivity index (χ0v) is 14.8. The Kier molecular flexibility index (Phi) is 6.56. The molecule has 1 saturated heterocycles. The van der Waals surface area contributed by atoms with Gasteiger partial charge in [-0.3, -0.25) is 4.90 Å². The van der Waals surface area contributed by atoms with Crippen LogP contribution in [0.3, 0.4) is 0 Å². The summed E-state index contributed by atoms with van der Waals surface area (Å²) in [6.07, 6.45) is 2.53. The van der Waals surface area contributed by atoms with E-state index in [0.717, 1.165) is 19.0 Å². The molecule has 0 aromatic heterocycles. The molecule has 0 saturated carbocycles. The SMILES string of the molecule is CC1CCN(C(C)CNS(=O)(=O)CCc2ccccc2F)CC1. The van der Waals surface area contributed by atoms with Gasteiger partial charge in [-0.2, -0.15) is 0 Å². The second-order valence-corrected chi connectivity index (χ2v) is 8.50. The summed E-state index contributed by atoms with van der Waals surface area (Å²) in [5, 5.41) is 0. The molecular weight excluding hydrogens is 315 g/mol. The molecule has 1 aliphatic rings. The molecular formula is C17H27FN2O2S. The fraction of sp³-hybridized carbons (Fsp3) is 0.647. The molecule has 23 heavy (non-hydrogen) atoms. The van der Waals surface area contributed by atoms with Gasteiger partial charge in [0, 0.05) is 12.6 Å². The first-order valence-electron chi connectivity index (χ1n) is 8.32. The highest BCUT2D eigenvalue weighted by atomic mass is 32.2. The highest BCUT2D eigenvalue weighted by molar-refractivity contribution is 7.89. The van der Waals surface area contributed by atoms with E-state index >= 15 is 0 Å². The maximum atomic E-state index is 13.5. The van der Waals surface area contributed by atoms with E-state index in [9.17, 15) is 12.8 Å². The van der Waals surface area contributed by atoms with Gasteiger partial charge in [-0.25, -0.2) is 17.5 Å². The van der Waals surface area contributed by atoms with E-state index in [1.807, 2.05) is 0 Å². The van der Waals surface area contributed by atoms with Crippen molar-refractivity contribution in [1.29, 1.82) is 0 Å². The van der Waals surface area contributed by atoms with Gasteiger partial charge in [0.05, 0.1) is 5.75 Å². The van der Waals surface area contributed by atoms with Crippen molar-refractivity contribution in [3.63, 3.8) is 0 Å². The topological polar surface area (TPSA) is 49.4 Å². The van der Waals surface area contributed by atoms with Gasteiger partial charge in [0.15, 0.2) is 0 Å². The van der Waals surface area contributed by atoms with Gasteiger partial charge in [0.1, 0.15) is 5.82 Å². The van der Waals surface area contributed by atoms with Crippen molar-refractivity contribution >= 4 is 10.0 Å². The Morgan fingerprint density at radius 1 is 1.30 bits per heavy atom. The second kappa shape index (κ2) is 8.22. The zero-order valence-electron chi connectivity index (χ0n) is 14.0. The molecule has 1 aliphatic heterocycles. The molecule has 1 atom stereocenters. The highest BCUT2D eigenvalue weighted by Crippen LogP contribution is 2.17. The van der Waals surface area contributed by atoms with Crippen LogP contribution in [-0.4, -0.2) is 44.7 Å². The number of sulfonamides is 1. The summed E-state index contributed by atoms with van der Waals surface area (Å²) < 4.78 is 40.4. The van der Waals surface area contributed by atoms with Crippen LogP contribution < -0.4 is 4.72 Å². The van der Waals surface area contributed by atoms with Gasteiger partial charge in [0.2, 0.25) is 10.0 Å². The van der Waals surface area contributed by atoms with E-state index in [2.05, 4.69) is 23.5 Å². The number of rotatable bonds is 7. The third-order valence-corrected chi connectivity index (χ3v) is 5.99. The molecule has 1 unspecified atom stereocenters. The van der Waals surface area contributed by atoms with Crippen LogP contribution in [0.2, 0.25) is 0 Å². The van der Waals surface area contributed by atoms with Gasteiger partial charge >= 0.3 is 0 Å². The molecule has 1 fully saturated rings. The molecule has 0 spiro atoms. The molecule has 6 heteroatoms. The summed E-state index contributed by atoms with van der Waals surface area (Å²) in [4.78, 5) is 2.33. The van der Waals surface area contributed by atoms with Gasteiger partial charge in [0.25, 0.3) is 0 Å². The largest absolute Gasteiger partial charge is 0.299 e. The van der Waals surface area contributed by atoms with Gasteiger partial charge < -0.3 is 0 Å². The lowest BCUT2D eigenvalue weighted by Crippen LogP contribution is -2.45. The van der Waals surface area contributed by atoms with Crippen LogP contribution in [0.1, 0.15) is 32.3 Å². The Morgan fingerprint density at radius 2 is 1.96 bits per heavy atom. The first-order chi connectivity index (χ1) is 10.9. The van der Waals surface area contributed by atoms with Crippen LogP contribution in [0, 0.1) is 11.7 Å². The first kappa shape index (κ1) is 18.4. The predicted molar refractivity (Wildman–Crippen MR) is 91.3 cm³/mol. The lowest BCUT2D eigenvalue weighted by atomic mass is 9.98. The minimum absolute atomic E-state index is 0.0856. The lowest BCUT2D eigenvalue weighted by Gasteiger charge is -2.34. The van der Waals surface area contributed by atoms with E-state index in [1.165, 1.54) is 18.9 Å². The summed E-state index contributed by atoms with van der Waals surface area (Å²) in [5.41, 5.74) is 0.441. The summed E-state index contributed by atoms with van der Waals surface area (Å²) in [6.45, 7) is 6.77. The molecule has 130 valence electrons. The number of halogens is 1. The van der Waals surface area contributed by atoms with Crippen molar-refractivity contribution in [3.05, 3.63) is 35.6 Å². The summed E-state index contributed by atoms with van der Waals surface area (Å²) in [7, 11) is -3.38. The van der Waals surface area contributed by atoms with Crippen molar-refractivity contribution in [2.75, 3.05) is 25.4 Å². The quantitative estimate of drug-likeness (QED) is 0.828. The minimum Gasteiger partial charge on any atom is -0.299 e. The second-order valence-electron chi connectivity index (χ2n) is 6.58. The van der Waals surface area contributed by atoms with Crippen molar-refractivity contribution < 1.29 is 12.8 Å². The third kappa shape index (κ3) is 5.86. The van der Waals surface area contributed by atoms with E-state index in [4.69, 9.17) is 0 Å². The predicted octanol–water partition coefficient (Wildman–Crippen LogP) is 2.41. The fourth-order valence-corrected chi connectivity index (χ4v) is 3.99. The normalized spacial score (nSPS) is 18.9. The molecule has 1 aromatic carbocycles. The number of likely N-dealkylation sites (tertiary alicyclic amines) is 1. The number of hydrogen-bond donors (Lipinski definition) is 1. The molecule has 1 N–H and O–H groups in total. The maximum absolute atomic E-state index is 13.5. The molecule has 0 radical (unpaired) electrons. The molecule has 1 aromatic rings. The number of hydrogen-bond acceptors (Lipinski definition) is 3. The third-order valence-electron chi connectivity index (χ3n) is 4.64. The molecule has 2 rings (SSSR count). The maximum Gasteiger partial charge on any atom is 0.211 e. The van der Waals surface area contributed by atoms with Crippen molar-refractivity contribution in [2.45, 2.75) is 39.2 Å². The first-order valence-corrected chi connectivity index (χ1v) is 9.97. The Morgan fingerprint density at radius 3 is 2.61 bits per heavy atom. The van der Waals surface area contributed by atoms with E-state index in [-0.39, 0.29) is 24.0 Å². The number of piperidine rings is 1. The standard InChI is InChI=1S/C17H27FN2O2S/c1-14-7-10-20(11-8-14)15(2)13-19-23(21,22)12-9-16-5-3-4-6-17(16)18/h3-6,14-15,19H,7-13H2,1-2H3.